The fourth-order valence-electron chi connectivity index (χ4n) is 5.33. The number of hydrogen-bond donors (Lipinski definition) is 0. The van der Waals surface area contributed by atoms with Crippen LogP contribution in [0.15, 0.2) is 42.6 Å². The lowest BCUT2D eigenvalue weighted by Crippen LogP contribution is -2.62. The van der Waals surface area contributed by atoms with Gasteiger partial charge in [-0.25, -0.2) is 4.79 Å². The van der Waals surface area contributed by atoms with E-state index < -0.39 is 5.60 Å². The molecule has 9 heteroatoms. The number of fused-ring (bicyclic) bond motifs is 1. The van der Waals surface area contributed by atoms with E-state index in [1.807, 2.05) is 45.9 Å². The number of amides is 2. The third kappa shape index (κ3) is 6.31. The van der Waals surface area contributed by atoms with Crippen LogP contribution in [0.2, 0.25) is 0 Å². The van der Waals surface area contributed by atoms with Gasteiger partial charge in [0.25, 0.3) is 0 Å². The molecule has 2 atom stereocenters. The summed E-state index contributed by atoms with van der Waals surface area (Å²) in [6.45, 7) is 13.6. The Bertz CT molecular complexity index is 1220. The summed E-state index contributed by atoms with van der Waals surface area (Å²) in [6, 6.07) is 10.5. The molecule has 0 bridgehead atoms. The summed E-state index contributed by atoms with van der Waals surface area (Å²) < 4.78 is 11.1. The first kappa shape index (κ1) is 28.7. The topological polar surface area (TPSA) is 92.3 Å². The van der Waals surface area contributed by atoms with Crippen LogP contribution in [0.25, 0.3) is 0 Å². The van der Waals surface area contributed by atoms with E-state index in [0.29, 0.717) is 37.5 Å². The zero-order valence-corrected chi connectivity index (χ0v) is 24.1. The molecular weight excluding hydrogens is 496 g/mol. The van der Waals surface area contributed by atoms with Crippen molar-refractivity contribution in [1.82, 2.24) is 14.8 Å². The maximum Gasteiger partial charge on any atom is 0.410 e. The summed E-state index contributed by atoms with van der Waals surface area (Å²) in [5.41, 5.74) is 1.64. The molecule has 0 N–H and O–H groups in total. The lowest BCUT2D eigenvalue weighted by molar-refractivity contribution is -0.121. The van der Waals surface area contributed by atoms with Gasteiger partial charge in [-0.3, -0.25) is 19.5 Å². The van der Waals surface area contributed by atoms with Gasteiger partial charge in [0.1, 0.15) is 11.3 Å². The van der Waals surface area contributed by atoms with E-state index in [1.54, 1.807) is 41.3 Å². The number of pyridine rings is 1. The van der Waals surface area contributed by atoms with Crippen LogP contribution < -0.4 is 4.90 Å². The maximum absolute atomic E-state index is 13.8. The van der Waals surface area contributed by atoms with Gasteiger partial charge in [0.15, 0.2) is 0 Å². The van der Waals surface area contributed by atoms with Crippen LogP contribution in [0.3, 0.4) is 0 Å². The van der Waals surface area contributed by atoms with Crippen LogP contribution in [-0.2, 0) is 19.7 Å². The van der Waals surface area contributed by atoms with Gasteiger partial charge in [0.2, 0.25) is 11.7 Å². The molecule has 1 fully saturated rings. The zero-order chi connectivity index (χ0) is 28.5. The molecule has 2 aliphatic rings. The summed E-state index contributed by atoms with van der Waals surface area (Å²) in [6.07, 6.45) is 1.37. The van der Waals surface area contributed by atoms with E-state index in [-0.39, 0.29) is 41.8 Å². The number of ketones is 1. The number of benzene rings is 1. The first-order valence-corrected chi connectivity index (χ1v) is 13.4. The first-order chi connectivity index (χ1) is 18.3. The molecular formula is C30H40N4O5. The normalized spacial score (nSPS) is 21.0. The highest BCUT2D eigenvalue weighted by Crippen LogP contribution is 2.40. The number of hydrogen-bond acceptors (Lipinski definition) is 7. The number of aromatic nitrogens is 1. The van der Waals surface area contributed by atoms with E-state index >= 15 is 0 Å². The fourth-order valence-corrected chi connectivity index (χ4v) is 5.33. The van der Waals surface area contributed by atoms with Crippen LogP contribution in [0.5, 0.6) is 0 Å². The summed E-state index contributed by atoms with van der Waals surface area (Å²) in [5, 5.41) is 0. The molecule has 0 spiro atoms. The van der Waals surface area contributed by atoms with Crippen molar-refractivity contribution >= 4 is 23.5 Å². The minimum Gasteiger partial charge on any atom is -0.444 e. The van der Waals surface area contributed by atoms with E-state index in [4.69, 9.17) is 9.47 Å². The molecule has 1 aromatic heterocycles. The number of rotatable bonds is 6. The summed E-state index contributed by atoms with van der Waals surface area (Å²) in [4.78, 5) is 49.8. The fraction of sp³-hybridized carbons (Fsp3) is 0.533. The molecule has 4 rings (SSSR count). The molecule has 2 aliphatic heterocycles. The van der Waals surface area contributed by atoms with E-state index in [2.05, 4.69) is 23.7 Å². The van der Waals surface area contributed by atoms with Crippen LogP contribution in [-0.4, -0.2) is 90.1 Å². The minimum absolute atomic E-state index is 0.0647. The van der Waals surface area contributed by atoms with Gasteiger partial charge in [0, 0.05) is 55.5 Å². The highest BCUT2D eigenvalue weighted by molar-refractivity contribution is 6.09. The van der Waals surface area contributed by atoms with Gasteiger partial charge in [-0.15, -0.1) is 0 Å². The number of ether oxygens (including phenoxy) is 2. The smallest absolute Gasteiger partial charge is 0.410 e. The van der Waals surface area contributed by atoms with Gasteiger partial charge in [-0.1, -0.05) is 44.2 Å². The van der Waals surface area contributed by atoms with Crippen LogP contribution >= 0.6 is 0 Å². The highest BCUT2D eigenvalue weighted by atomic mass is 16.6. The van der Waals surface area contributed by atoms with Crippen molar-refractivity contribution in [2.75, 3.05) is 44.8 Å². The van der Waals surface area contributed by atoms with E-state index in [9.17, 15) is 14.4 Å². The average molecular weight is 537 g/mol. The third-order valence-corrected chi connectivity index (χ3v) is 7.31. The number of carbonyl (C=O) groups excluding carboxylic acids is 3. The number of nitrogens with zero attached hydrogens (tertiary/aromatic N) is 4. The predicted octanol–water partition coefficient (Wildman–Crippen LogP) is 3.89. The molecule has 0 aliphatic carbocycles. The zero-order valence-electron chi connectivity index (χ0n) is 24.1. The van der Waals surface area contributed by atoms with Crippen molar-refractivity contribution in [3.63, 3.8) is 0 Å². The standard InChI is InChI=1S/C30H40N4O5/c1-20-15-32(22(18-38-7)16-33(20)28(37)39-29(2,3)4)17-26(35)34-19-30(5,6)23-14-31-24(13-25(23)34)27(36)21-11-9-8-10-12-21/h8-14,20,22H,15-19H2,1-7H3/t20-,22-/m1/s1. The Morgan fingerprint density at radius 1 is 1.10 bits per heavy atom. The van der Waals surface area contributed by atoms with Crippen LogP contribution in [0.4, 0.5) is 10.5 Å². The quantitative estimate of drug-likeness (QED) is 0.517. The molecule has 9 nitrogen and oxygen atoms in total. The Labute approximate surface area is 231 Å². The SMILES string of the molecule is COC[C@H]1CN(C(=O)OC(C)(C)C)[C@H](C)CN1CC(=O)N1CC(C)(C)c2cnc(C(=O)c3ccccc3)cc21. The number of carbonyl (C=O) groups is 3. The van der Waals surface area contributed by atoms with E-state index in [1.165, 1.54) is 0 Å². The van der Waals surface area contributed by atoms with Gasteiger partial charge >= 0.3 is 6.09 Å². The molecule has 39 heavy (non-hydrogen) atoms. The number of methoxy groups -OCH3 is 1. The summed E-state index contributed by atoms with van der Waals surface area (Å²) >= 11 is 0. The van der Waals surface area contributed by atoms with Gasteiger partial charge in [-0.2, -0.15) is 0 Å². The summed E-state index contributed by atoms with van der Waals surface area (Å²) in [5.74, 6) is -0.243. The second-order valence-electron chi connectivity index (χ2n) is 12.2. The van der Waals surface area contributed by atoms with Crippen LogP contribution in [0, 0.1) is 0 Å². The Balaban J connectivity index is 1.54. The maximum atomic E-state index is 13.8. The molecule has 1 aromatic carbocycles. The lowest BCUT2D eigenvalue weighted by Gasteiger charge is -2.45. The first-order valence-electron chi connectivity index (χ1n) is 13.4. The highest BCUT2D eigenvalue weighted by Gasteiger charge is 2.42. The summed E-state index contributed by atoms with van der Waals surface area (Å²) in [7, 11) is 1.62. The molecule has 1 saturated heterocycles. The molecule has 0 saturated carbocycles. The monoisotopic (exact) mass is 536 g/mol. The molecule has 2 aromatic rings. The predicted molar refractivity (Wildman–Crippen MR) is 149 cm³/mol. The van der Waals surface area contributed by atoms with Crippen molar-refractivity contribution < 1.29 is 23.9 Å². The van der Waals surface area contributed by atoms with Crippen molar-refractivity contribution in [2.24, 2.45) is 0 Å². The van der Waals surface area contributed by atoms with Crippen molar-refractivity contribution in [2.45, 2.75) is 64.6 Å². The van der Waals surface area contributed by atoms with Crippen molar-refractivity contribution in [1.29, 1.82) is 0 Å². The van der Waals surface area contributed by atoms with Crippen molar-refractivity contribution in [3.8, 4) is 0 Å². The minimum atomic E-state index is -0.591. The molecule has 0 radical (unpaired) electrons. The Kier molecular flexibility index (Phi) is 8.14. The largest absolute Gasteiger partial charge is 0.444 e. The lowest BCUT2D eigenvalue weighted by atomic mass is 9.88. The Hall–Kier alpha value is -3.30. The van der Waals surface area contributed by atoms with Gasteiger partial charge in [-0.05, 0) is 33.8 Å². The van der Waals surface area contributed by atoms with Gasteiger partial charge in [0.05, 0.1) is 24.9 Å². The molecule has 2 amide bonds. The van der Waals surface area contributed by atoms with Crippen LogP contribution in [0.1, 0.15) is 63.2 Å². The second kappa shape index (κ2) is 11.1. The molecule has 210 valence electrons. The third-order valence-electron chi connectivity index (χ3n) is 7.31. The molecule has 3 heterocycles. The second-order valence-corrected chi connectivity index (χ2v) is 12.2. The number of piperazine rings is 1. The van der Waals surface area contributed by atoms with Crippen molar-refractivity contribution in [3.05, 3.63) is 59.4 Å². The number of anilines is 1. The molecule has 0 unspecified atom stereocenters. The van der Waals surface area contributed by atoms with E-state index in [0.717, 1.165) is 11.3 Å². The Morgan fingerprint density at radius 2 is 1.79 bits per heavy atom. The average Bonchev–Trinajstić information content (AvgIpc) is 3.14. The van der Waals surface area contributed by atoms with Gasteiger partial charge < -0.3 is 19.3 Å². The Morgan fingerprint density at radius 3 is 2.44 bits per heavy atom.